The summed E-state index contributed by atoms with van der Waals surface area (Å²) in [6, 6.07) is 1.23. The Morgan fingerprint density at radius 1 is 1.33 bits per heavy atom. The molecule has 0 aliphatic rings. The van der Waals surface area contributed by atoms with Gasteiger partial charge in [-0.25, -0.2) is 0 Å². The summed E-state index contributed by atoms with van der Waals surface area (Å²) in [6.45, 7) is 3.40. The van der Waals surface area contributed by atoms with Crippen molar-refractivity contribution in [2.45, 2.75) is 19.8 Å². The quantitative estimate of drug-likeness (QED) is 0.232. The van der Waals surface area contributed by atoms with Gasteiger partial charge in [0.25, 0.3) is 5.69 Å². The third-order valence-electron chi connectivity index (χ3n) is 2.38. The molecule has 114 valence electrons. The number of rotatable bonds is 6. The van der Waals surface area contributed by atoms with Gasteiger partial charge in [-0.3, -0.25) is 24.7 Å². The predicted molar refractivity (Wildman–Crippen MR) is 79.6 cm³/mol. The highest BCUT2D eigenvalue weighted by Gasteiger charge is 2.35. The molecule has 0 aliphatic carbocycles. The minimum absolute atomic E-state index is 0.0816. The summed E-state index contributed by atoms with van der Waals surface area (Å²) in [5, 5.41) is 10.7. The number of carbonyl (C=O) groups excluding carboxylic acids is 2. The number of pyridine rings is 1. The zero-order valence-corrected chi connectivity index (χ0v) is 13.5. The van der Waals surface area contributed by atoms with Crippen LogP contribution in [0.1, 0.15) is 25.5 Å². The van der Waals surface area contributed by atoms with Crippen molar-refractivity contribution in [3.05, 3.63) is 31.6 Å². The molecule has 9 heteroatoms. The molecule has 1 rings (SSSR count). The molecule has 0 radical (unpaired) electrons. The lowest BCUT2D eigenvalue weighted by Crippen LogP contribution is -2.27. The maximum Gasteiger partial charge on any atom is 0.326 e. The van der Waals surface area contributed by atoms with E-state index in [2.05, 4.69) is 4.98 Å². The first kappa shape index (κ1) is 17.3. The number of halogens is 1. The van der Waals surface area contributed by atoms with Crippen LogP contribution >= 0.6 is 22.6 Å². The van der Waals surface area contributed by atoms with Gasteiger partial charge in [0.1, 0.15) is 6.20 Å². The van der Waals surface area contributed by atoms with E-state index >= 15 is 0 Å². The van der Waals surface area contributed by atoms with E-state index in [4.69, 9.17) is 9.47 Å². The van der Waals surface area contributed by atoms with Gasteiger partial charge in [0.15, 0.2) is 5.92 Å². The number of aromatic nitrogens is 1. The highest BCUT2D eigenvalue weighted by molar-refractivity contribution is 14.1. The summed E-state index contributed by atoms with van der Waals surface area (Å²) in [5.74, 6) is -2.94. The third-order valence-corrected chi connectivity index (χ3v) is 3.25. The Kier molecular flexibility index (Phi) is 6.46. The molecule has 1 aromatic heterocycles. The van der Waals surface area contributed by atoms with Crippen LogP contribution in [0.5, 0.6) is 0 Å². The number of esters is 2. The van der Waals surface area contributed by atoms with E-state index in [0.29, 0.717) is 3.57 Å². The molecule has 21 heavy (non-hydrogen) atoms. The number of hydrogen-bond donors (Lipinski definition) is 0. The van der Waals surface area contributed by atoms with Crippen LogP contribution in [-0.4, -0.2) is 35.1 Å². The Morgan fingerprint density at radius 2 is 1.86 bits per heavy atom. The molecule has 0 fully saturated rings. The van der Waals surface area contributed by atoms with Gasteiger partial charge in [-0.1, -0.05) is 0 Å². The lowest BCUT2D eigenvalue weighted by molar-refractivity contribution is -0.385. The summed E-state index contributed by atoms with van der Waals surface area (Å²) in [4.78, 5) is 37.8. The molecular weight excluding hydrogens is 395 g/mol. The van der Waals surface area contributed by atoms with Crippen LogP contribution in [-0.2, 0) is 19.1 Å². The largest absolute Gasteiger partial charge is 0.465 e. The maximum absolute atomic E-state index is 11.9. The second-order valence-electron chi connectivity index (χ2n) is 3.75. The molecule has 0 amide bonds. The van der Waals surface area contributed by atoms with Crippen molar-refractivity contribution >= 4 is 40.2 Å². The summed E-state index contributed by atoms with van der Waals surface area (Å²) in [7, 11) is 0. The first-order chi connectivity index (χ1) is 9.92. The van der Waals surface area contributed by atoms with Gasteiger partial charge in [0, 0.05) is 9.64 Å². The molecular formula is C12H13IN2O6. The monoisotopic (exact) mass is 408 g/mol. The Morgan fingerprint density at radius 3 is 2.24 bits per heavy atom. The van der Waals surface area contributed by atoms with Gasteiger partial charge in [-0.05, 0) is 36.4 Å². The van der Waals surface area contributed by atoms with Crippen LogP contribution in [0.4, 0.5) is 5.69 Å². The second kappa shape index (κ2) is 7.86. The molecule has 1 aromatic rings. The van der Waals surface area contributed by atoms with Crippen molar-refractivity contribution in [3.8, 4) is 0 Å². The summed E-state index contributed by atoms with van der Waals surface area (Å²) in [5.41, 5.74) is -0.146. The Hall–Kier alpha value is -1.78. The van der Waals surface area contributed by atoms with Crippen molar-refractivity contribution < 1.29 is 24.0 Å². The Bertz CT molecular complexity index is 545. The normalized spacial score (nSPS) is 10.3. The zero-order chi connectivity index (χ0) is 16.0. The fraction of sp³-hybridized carbons (Fsp3) is 0.417. The van der Waals surface area contributed by atoms with E-state index in [1.54, 1.807) is 36.4 Å². The van der Waals surface area contributed by atoms with Crippen LogP contribution in [0.2, 0.25) is 0 Å². The van der Waals surface area contributed by atoms with Crippen LogP contribution in [0.15, 0.2) is 12.3 Å². The number of ether oxygens (including phenoxy) is 2. The highest BCUT2D eigenvalue weighted by Crippen LogP contribution is 2.25. The van der Waals surface area contributed by atoms with Crippen molar-refractivity contribution in [2.75, 3.05) is 13.2 Å². The van der Waals surface area contributed by atoms with Crippen molar-refractivity contribution in [2.24, 2.45) is 0 Å². The SMILES string of the molecule is CCOC(=O)C(C(=O)OCC)c1ncc([N+](=O)[O-])cc1I. The molecule has 0 spiro atoms. The smallest absolute Gasteiger partial charge is 0.326 e. The molecule has 0 atom stereocenters. The molecule has 0 aromatic carbocycles. The molecule has 0 saturated heterocycles. The van der Waals surface area contributed by atoms with E-state index in [0.717, 1.165) is 6.20 Å². The van der Waals surface area contributed by atoms with Crippen molar-refractivity contribution in [3.63, 3.8) is 0 Å². The first-order valence-electron chi connectivity index (χ1n) is 6.05. The van der Waals surface area contributed by atoms with E-state index < -0.39 is 22.8 Å². The number of hydrogen-bond acceptors (Lipinski definition) is 7. The Labute approximate surface area is 134 Å². The minimum atomic E-state index is -1.35. The van der Waals surface area contributed by atoms with Gasteiger partial charge < -0.3 is 9.47 Å². The van der Waals surface area contributed by atoms with Crippen LogP contribution in [0.3, 0.4) is 0 Å². The average Bonchev–Trinajstić information content (AvgIpc) is 2.41. The maximum atomic E-state index is 11.9. The van der Waals surface area contributed by atoms with Gasteiger partial charge in [0.2, 0.25) is 0 Å². The van der Waals surface area contributed by atoms with Gasteiger partial charge >= 0.3 is 11.9 Å². The molecule has 0 unspecified atom stereocenters. The third kappa shape index (κ3) is 4.34. The fourth-order valence-electron chi connectivity index (χ4n) is 1.52. The van der Waals surface area contributed by atoms with E-state index in [1.807, 2.05) is 0 Å². The lowest BCUT2D eigenvalue weighted by atomic mass is 10.1. The average molecular weight is 408 g/mol. The number of nitrogens with zero attached hydrogens (tertiary/aromatic N) is 2. The molecule has 8 nitrogen and oxygen atoms in total. The number of nitro groups is 1. The van der Waals surface area contributed by atoms with Gasteiger partial charge in [-0.15, -0.1) is 0 Å². The summed E-state index contributed by atoms with van der Waals surface area (Å²) >= 11 is 1.78. The van der Waals surface area contributed by atoms with E-state index in [9.17, 15) is 19.7 Å². The molecule has 1 heterocycles. The summed E-state index contributed by atoms with van der Waals surface area (Å²) < 4.78 is 10.00. The second-order valence-corrected chi connectivity index (χ2v) is 4.92. The standard InChI is InChI=1S/C12H13IN2O6/c1-3-20-11(16)9(12(17)21-4-2)10-8(13)5-7(6-14-10)15(18)19/h5-6,9H,3-4H2,1-2H3. The first-order valence-corrected chi connectivity index (χ1v) is 7.13. The highest BCUT2D eigenvalue weighted by atomic mass is 127. The molecule has 0 N–H and O–H groups in total. The van der Waals surface area contributed by atoms with Crippen molar-refractivity contribution in [1.82, 2.24) is 4.98 Å². The fourth-order valence-corrected chi connectivity index (χ4v) is 2.29. The predicted octanol–water partition coefficient (Wildman–Crippen LogP) is 1.80. The topological polar surface area (TPSA) is 109 Å². The Balaban J connectivity index is 3.22. The van der Waals surface area contributed by atoms with Crippen LogP contribution in [0, 0.1) is 13.7 Å². The number of carbonyl (C=O) groups is 2. The van der Waals surface area contributed by atoms with E-state index in [-0.39, 0.29) is 24.6 Å². The van der Waals surface area contributed by atoms with Crippen LogP contribution < -0.4 is 0 Å². The zero-order valence-electron chi connectivity index (χ0n) is 11.4. The van der Waals surface area contributed by atoms with Gasteiger partial charge in [0.05, 0.1) is 23.8 Å². The van der Waals surface area contributed by atoms with Crippen LogP contribution in [0.25, 0.3) is 0 Å². The molecule has 0 aliphatic heterocycles. The van der Waals surface area contributed by atoms with Gasteiger partial charge in [-0.2, -0.15) is 0 Å². The summed E-state index contributed by atoms with van der Waals surface area (Å²) in [6.07, 6.45) is 0.989. The minimum Gasteiger partial charge on any atom is -0.465 e. The molecule has 0 saturated carbocycles. The van der Waals surface area contributed by atoms with Crippen molar-refractivity contribution in [1.29, 1.82) is 0 Å². The van der Waals surface area contributed by atoms with E-state index in [1.165, 1.54) is 6.07 Å². The molecule has 0 bridgehead atoms. The lowest BCUT2D eigenvalue weighted by Gasteiger charge is -2.14.